The predicted molar refractivity (Wildman–Crippen MR) is 73.4 cm³/mol. The van der Waals surface area contributed by atoms with Crippen LogP contribution in [0.3, 0.4) is 0 Å². The molecule has 1 heterocycles. The Morgan fingerprint density at radius 3 is 2.29 bits per heavy atom. The maximum Gasteiger partial charge on any atom is 0.194 e. The van der Waals surface area contributed by atoms with Crippen LogP contribution in [0.4, 0.5) is 30.5 Å². The third kappa shape index (κ3) is 3.22. The Balaban J connectivity index is 2.39. The number of nitrogens with zero attached hydrogens (tertiary/aromatic N) is 2. The molecule has 0 radical (unpaired) electrons. The zero-order valence-electron chi connectivity index (χ0n) is 11.3. The van der Waals surface area contributed by atoms with Crippen LogP contribution in [-0.2, 0) is 6.42 Å². The highest BCUT2D eigenvalue weighted by Crippen LogP contribution is 2.26. The lowest BCUT2D eigenvalue weighted by Gasteiger charge is -2.13. The summed E-state index contributed by atoms with van der Waals surface area (Å²) in [6.45, 7) is 1.95. The SMILES string of the molecule is CCCc1c(NN)ncnc1Nc1cc(F)c(F)c(F)c1. The van der Waals surface area contributed by atoms with Crippen molar-refractivity contribution in [1.82, 2.24) is 9.97 Å². The van der Waals surface area contributed by atoms with Gasteiger partial charge >= 0.3 is 0 Å². The van der Waals surface area contributed by atoms with Gasteiger partial charge < -0.3 is 10.7 Å². The van der Waals surface area contributed by atoms with Gasteiger partial charge in [-0.1, -0.05) is 13.3 Å². The van der Waals surface area contributed by atoms with Crippen LogP contribution in [-0.4, -0.2) is 9.97 Å². The number of hydrazine groups is 1. The van der Waals surface area contributed by atoms with Gasteiger partial charge in [-0.05, 0) is 6.42 Å². The summed E-state index contributed by atoms with van der Waals surface area (Å²) in [5.41, 5.74) is 3.16. The lowest BCUT2D eigenvalue weighted by Crippen LogP contribution is -2.13. The van der Waals surface area contributed by atoms with Crippen LogP contribution in [0.1, 0.15) is 18.9 Å². The quantitative estimate of drug-likeness (QED) is 0.449. The molecule has 0 aliphatic heterocycles. The fourth-order valence-corrected chi connectivity index (χ4v) is 1.90. The number of halogens is 3. The highest BCUT2D eigenvalue weighted by Gasteiger charge is 2.14. The van der Waals surface area contributed by atoms with E-state index in [0.717, 1.165) is 18.6 Å². The molecule has 0 aliphatic rings. The second-order valence-electron chi connectivity index (χ2n) is 4.32. The van der Waals surface area contributed by atoms with Crippen molar-refractivity contribution in [3.8, 4) is 0 Å². The van der Waals surface area contributed by atoms with E-state index in [1.165, 1.54) is 6.33 Å². The van der Waals surface area contributed by atoms with Crippen LogP contribution in [0.25, 0.3) is 0 Å². The van der Waals surface area contributed by atoms with E-state index in [2.05, 4.69) is 20.7 Å². The van der Waals surface area contributed by atoms with Crippen LogP contribution in [0, 0.1) is 17.5 Å². The van der Waals surface area contributed by atoms with E-state index in [1.54, 1.807) is 0 Å². The molecule has 8 heteroatoms. The Hall–Kier alpha value is -2.35. The molecule has 0 saturated carbocycles. The average molecular weight is 297 g/mol. The van der Waals surface area contributed by atoms with Gasteiger partial charge in [0.15, 0.2) is 17.5 Å². The Kier molecular flexibility index (Phi) is 4.59. The molecule has 0 saturated heterocycles. The van der Waals surface area contributed by atoms with Gasteiger partial charge in [0.25, 0.3) is 0 Å². The summed E-state index contributed by atoms with van der Waals surface area (Å²) in [7, 11) is 0. The summed E-state index contributed by atoms with van der Waals surface area (Å²) < 4.78 is 39.4. The predicted octanol–water partition coefficient (Wildman–Crippen LogP) is 2.88. The van der Waals surface area contributed by atoms with Crippen molar-refractivity contribution in [2.75, 3.05) is 10.7 Å². The summed E-state index contributed by atoms with van der Waals surface area (Å²) in [6, 6.07) is 1.71. The molecule has 1 aromatic heterocycles. The Morgan fingerprint density at radius 1 is 1.10 bits per heavy atom. The van der Waals surface area contributed by atoms with E-state index in [1.807, 2.05) is 6.92 Å². The minimum atomic E-state index is -1.51. The third-order valence-corrected chi connectivity index (χ3v) is 2.83. The first kappa shape index (κ1) is 15.0. The van der Waals surface area contributed by atoms with Crippen molar-refractivity contribution in [2.45, 2.75) is 19.8 Å². The lowest BCUT2D eigenvalue weighted by molar-refractivity contribution is 0.448. The van der Waals surface area contributed by atoms with Crippen LogP contribution in [0.5, 0.6) is 0 Å². The molecule has 2 aromatic rings. The lowest BCUT2D eigenvalue weighted by atomic mass is 10.1. The van der Waals surface area contributed by atoms with Crippen molar-refractivity contribution in [3.63, 3.8) is 0 Å². The number of nitrogens with one attached hydrogen (secondary N) is 2. The van der Waals surface area contributed by atoms with Crippen LogP contribution in [0.15, 0.2) is 18.5 Å². The molecule has 0 bridgehead atoms. The monoisotopic (exact) mass is 297 g/mol. The van der Waals surface area contributed by atoms with E-state index < -0.39 is 17.5 Å². The molecule has 5 nitrogen and oxygen atoms in total. The number of nitrogen functional groups attached to an aromatic ring is 1. The number of hydrogen-bond acceptors (Lipinski definition) is 5. The molecule has 0 fully saturated rings. The maximum atomic E-state index is 13.2. The smallest absolute Gasteiger partial charge is 0.194 e. The number of aromatic nitrogens is 2. The summed E-state index contributed by atoms with van der Waals surface area (Å²) in [4.78, 5) is 8.00. The van der Waals surface area contributed by atoms with E-state index in [4.69, 9.17) is 5.84 Å². The highest BCUT2D eigenvalue weighted by atomic mass is 19.2. The van der Waals surface area contributed by atoms with Crippen molar-refractivity contribution >= 4 is 17.3 Å². The first-order valence-corrected chi connectivity index (χ1v) is 6.28. The van der Waals surface area contributed by atoms with Gasteiger partial charge in [-0.15, -0.1) is 0 Å². The van der Waals surface area contributed by atoms with Crippen molar-refractivity contribution in [3.05, 3.63) is 41.5 Å². The third-order valence-electron chi connectivity index (χ3n) is 2.83. The van der Waals surface area contributed by atoms with Gasteiger partial charge in [-0.2, -0.15) is 0 Å². The van der Waals surface area contributed by atoms with Crippen LogP contribution in [0.2, 0.25) is 0 Å². The molecule has 112 valence electrons. The van der Waals surface area contributed by atoms with Gasteiger partial charge in [0.05, 0.1) is 0 Å². The molecule has 2 rings (SSSR count). The molecule has 0 aliphatic carbocycles. The van der Waals surface area contributed by atoms with Crippen LogP contribution < -0.4 is 16.6 Å². The molecule has 0 unspecified atom stereocenters. The second kappa shape index (κ2) is 6.40. The number of benzene rings is 1. The molecule has 21 heavy (non-hydrogen) atoms. The van der Waals surface area contributed by atoms with Crippen LogP contribution >= 0.6 is 0 Å². The molecular formula is C13H14F3N5. The zero-order chi connectivity index (χ0) is 15.4. The Bertz CT molecular complexity index is 625. The first-order valence-electron chi connectivity index (χ1n) is 6.28. The maximum absolute atomic E-state index is 13.2. The fraction of sp³-hybridized carbons (Fsp3) is 0.231. The Morgan fingerprint density at radius 2 is 1.71 bits per heavy atom. The van der Waals surface area contributed by atoms with E-state index in [0.29, 0.717) is 23.6 Å². The molecular weight excluding hydrogens is 283 g/mol. The second-order valence-corrected chi connectivity index (χ2v) is 4.32. The molecule has 1 aromatic carbocycles. The number of nitrogens with two attached hydrogens (primary N) is 1. The Labute approximate surface area is 119 Å². The summed E-state index contributed by atoms with van der Waals surface area (Å²) in [6.07, 6.45) is 2.66. The molecule has 0 atom stereocenters. The van der Waals surface area contributed by atoms with Gasteiger partial charge in [0, 0.05) is 23.4 Å². The number of hydrogen-bond donors (Lipinski definition) is 3. The molecule has 0 amide bonds. The normalized spacial score (nSPS) is 10.5. The van der Waals surface area contributed by atoms with E-state index in [9.17, 15) is 13.2 Å². The topological polar surface area (TPSA) is 75.9 Å². The standard InChI is InChI=1S/C13H14F3N5/c1-2-3-8-12(18-6-19-13(8)21-17)20-7-4-9(14)11(16)10(15)5-7/h4-6H,2-3,17H2,1H3,(H2,18,19,20,21). The largest absolute Gasteiger partial charge is 0.340 e. The summed E-state index contributed by atoms with van der Waals surface area (Å²) in [5.74, 6) is 2.07. The van der Waals surface area contributed by atoms with E-state index in [-0.39, 0.29) is 5.69 Å². The van der Waals surface area contributed by atoms with E-state index >= 15 is 0 Å². The zero-order valence-corrected chi connectivity index (χ0v) is 11.3. The molecule has 0 spiro atoms. The molecule has 4 N–H and O–H groups in total. The van der Waals surface area contributed by atoms with Gasteiger partial charge in [0.1, 0.15) is 18.0 Å². The summed E-state index contributed by atoms with van der Waals surface area (Å²) >= 11 is 0. The minimum Gasteiger partial charge on any atom is -0.340 e. The van der Waals surface area contributed by atoms with Crippen molar-refractivity contribution < 1.29 is 13.2 Å². The van der Waals surface area contributed by atoms with Gasteiger partial charge in [0.2, 0.25) is 0 Å². The number of anilines is 3. The average Bonchev–Trinajstić information content (AvgIpc) is 2.46. The highest BCUT2D eigenvalue weighted by molar-refractivity contribution is 5.64. The number of rotatable bonds is 5. The summed E-state index contributed by atoms with van der Waals surface area (Å²) in [5, 5.41) is 2.75. The minimum absolute atomic E-state index is 0.0467. The van der Waals surface area contributed by atoms with Gasteiger partial charge in [-0.25, -0.2) is 29.0 Å². The van der Waals surface area contributed by atoms with Gasteiger partial charge in [-0.3, -0.25) is 0 Å². The first-order chi connectivity index (χ1) is 10.1. The van der Waals surface area contributed by atoms with Crippen molar-refractivity contribution in [2.24, 2.45) is 5.84 Å². The van der Waals surface area contributed by atoms with Crippen molar-refractivity contribution in [1.29, 1.82) is 0 Å². The fourth-order valence-electron chi connectivity index (χ4n) is 1.90.